The Labute approximate surface area is 114 Å². The van der Waals surface area contributed by atoms with Gasteiger partial charge in [-0.15, -0.1) is 0 Å². The highest BCUT2D eigenvalue weighted by atomic mass is 15.2. The molecule has 2 fully saturated rings. The highest BCUT2D eigenvalue weighted by Gasteiger charge is 2.34. The molecule has 0 aromatic heterocycles. The molecule has 1 N–H and O–H groups in total. The van der Waals surface area contributed by atoms with Crippen molar-refractivity contribution in [3.05, 3.63) is 0 Å². The highest BCUT2D eigenvalue weighted by Crippen LogP contribution is 2.36. The minimum Gasteiger partial charge on any atom is -0.314 e. The van der Waals surface area contributed by atoms with Crippen molar-refractivity contribution in [2.24, 2.45) is 5.92 Å². The van der Waals surface area contributed by atoms with Crippen molar-refractivity contribution in [1.82, 2.24) is 10.2 Å². The number of rotatable bonds is 5. The lowest BCUT2D eigenvalue weighted by Crippen LogP contribution is -2.51. The molecule has 106 valence electrons. The molecule has 3 unspecified atom stereocenters. The Hall–Kier alpha value is -0.0800. The van der Waals surface area contributed by atoms with Gasteiger partial charge >= 0.3 is 0 Å². The largest absolute Gasteiger partial charge is 0.314 e. The standard InChI is InChI=1S/C16H32N2/c1-13(2)17-11-10-14(3)18-12-6-8-15-7-4-5-9-16(15)18/h13-17H,4-12H2,1-3H3. The van der Waals surface area contributed by atoms with E-state index < -0.39 is 0 Å². The van der Waals surface area contributed by atoms with E-state index in [9.17, 15) is 0 Å². The van der Waals surface area contributed by atoms with Crippen molar-refractivity contribution >= 4 is 0 Å². The normalized spacial score (nSPS) is 31.3. The Kier molecular flexibility index (Phi) is 5.50. The maximum atomic E-state index is 3.56. The van der Waals surface area contributed by atoms with Crippen molar-refractivity contribution in [3.8, 4) is 0 Å². The minimum atomic E-state index is 0.626. The molecule has 0 radical (unpaired) electrons. The number of nitrogens with one attached hydrogen (secondary N) is 1. The van der Waals surface area contributed by atoms with Crippen LogP contribution in [-0.2, 0) is 0 Å². The molecule has 2 heteroatoms. The predicted molar refractivity (Wildman–Crippen MR) is 78.9 cm³/mol. The van der Waals surface area contributed by atoms with Gasteiger partial charge in [0.25, 0.3) is 0 Å². The second-order valence-electron chi connectivity index (χ2n) is 6.74. The van der Waals surface area contributed by atoms with Crippen LogP contribution in [0, 0.1) is 5.92 Å². The molecule has 0 spiro atoms. The van der Waals surface area contributed by atoms with E-state index in [-0.39, 0.29) is 0 Å². The van der Waals surface area contributed by atoms with Crippen LogP contribution in [0.4, 0.5) is 0 Å². The van der Waals surface area contributed by atoms with Crippen molar-refractivity contribution in [3.63, 3.8) is 0 Å². The Morgan fingerprint density at radius 1 is 1.06 bits per heavy atom. The van der Waals surface area contributed by atoms with Crippen molar-refractivity contribution in [1.29, 1.82) is 0 Å². The summed E-state index contributed by atoms with van der Waals surface area (Å²) in [6.45, 7) is 9.45. The van der Waals surface area contributed by atoms with Crippen molar-refractivity contribution in [2.75, 3.05) is 13.1 Å². The van der Waals surface area contributed by atoms with Crippen LogP contribution >= 0.6 is 0 Å². The molecule has 0 aromatic rings. The lowest BCUT2D eigenvalue weighted by molar-refractivity contribution is 0.0287. The van der Waals surface area contributed by atoms with Gasteiger partial charge in [0, 0.05) is 18.1 Å². The Balaban J connectivity index is 1.81. The zero-order chi connectivity index (χ0) is 13.0. The summed E-state index contributed by atoms with van der Waals surface area (Å²) in [6.07, 6.45) is 10.2. The van der Waals surface area contributed by atoms with Gasteiger partial charge in [0.2, 0.25) is 0 Å². The Morgan fingerprint density at radius 3 is 2.56 bits per heavy atom. The van der Waals surface area contributed by atoms with E-state index in [0.717, 1.165) is 18.0 Å². The zero-order valence-corrected chi connectivity index (χ0v) is 12.6. The quantitative estimate of drug-likeness (QED) is 0.806. The fourth-order valence-electron chi connectivity index (χ4n) is 3.96. The number of nitrogens with zero attached hydrogens (tertiary/aromatic N) is 1. The minimum absolute atomic E-state index is 0.626. The number of hydrogen-bond acceptors (Lipinski definition) is 2. The Bertz CT molecular complexity index is 237. The van der Waals surface area contributed by atoms with E-state index in [2.05, 4.69) is 31.0 Å². The molecule has 2 rings (SSSR count). The van der Waals surface area contributed by atoms with Crippen LogP contribution in [0.1, 0.15) is 65.7 Å². The van der Waals surface area contributed by atoms with E-state index in [1.807, 2.05) is 0 Å². The molecule has 1 heterocycles. The van der Waals surface area contributed by atoms with Gasteiger partial charge < -0.3 is 5.32 Å². The second-order valence-corrected chi connectivity index (χ2v) is 6.74. The van der Waals surface area contributed by atoms with Crippen molar-refractivity contribution in [2.45, 2.75) is 83.8 Å². The van der Waals surface area contributed by atoms with Gasteiger partial charge in [-0.3, -0.25) is 4.90 Å². The van der Waals surface area contributed by atoms with Gasteiger partial charge in [0.1, 0.15) is 0 Å². The molecule has 0 bridgehead atoms. The first kappa shape index (κ1) is 14.3. The molecule has 2 aliphatic rings. The van der Waals surface area contributed by atoms with E-state index in [0.29, 0.717) is 6.04 Å². The van der Waals surface area contributed by atoms with Crippen LogP contribution in [0.3, 0.4) is 0 Å². The van der Waals surface area contributed by atoms with Gasteiger partial charge in [-0.1, -0.05) is 26.7 Å². The number of likely N-dealkylation sites (tertiary alicyclic amines) is 1. The van der Waals surface area contributed by atoms with E-state index in [1.165, 1.54) is 58.0 Å². The molecule has 0 amide bonds. The number of hydrogen-bond donors (Lipinski definition) is 1. The van der Waals surface area contributed by atoms with Crippen LogP contribution in [0.25, 0.3) is 0 Å². The van der Waals surface area contributed by atoms with Gasteiger partial charge in [0.05, 0.1) is 0 Å². The third-order valence-electron chi connectivity index (χ3n) is 4.97. The third kappa shape index (κ3) is 3.71. The summed E-state index contributed by atoms with van der Waals surface area (Å²) in [6, 6.07) is 2.31. The topological polar surface area (TPSA) is 15.3 Å². The zero-order valence-electron chi connectivity index (χ0n) is 12.6. The van der Waals surface area contributed by atoms with Crippen LogP contribution in [0.5, 0.6) is 0 Å². The monoisotopic (exact) mass is 252 g/mol. The Morgan fingerprint density at radius 2 is 1.78 bits per heavy atom. The highest BCUT2D eigenvalue weighted by molar-refractivity contribution is 4.89. The van der Waals surface area contributed by atoms with E-state index in [1.54, 1.807) is 0 Å². The molecule has 2 nitrogen and oxygen atoms in total. The first-order valence-electron chi connectivity index (χ1n) is 8.17. The SMILES string of the molecule is CC(C)NCCC(C)N1CCCC2CCCCC21. The van der Waals surface area contributed by atoms with Gasteiger partial charge in [-0.25, -0.2) is 0 Å². The fraction of sp³-hybridized carbons (Fsp3) is 1.00. The molecule has 1 aliphatic carbocycles. The first-order chi connectivity index (χ1) is 8.68. The lowest BCUT2D eigenvalue weighted by atomic mass is 9.77. The smallest absolute Gasteiger partial charge is 0.0126 e. The molecule has 1 aliphatic heterocycles. The molecule has 18 heavy (non-hydrogen) atoms. The van der Waals surface area contributed by atoms with E-state index >= 15 is 0 Å². The summed E-state index contributed by atoms with van der Waals surface area (Å²) in [7, 11) is 0. The summed E-state index contributed by atoms with van der Waals surface area (Å²) in [4.78, 5) is 2.84. The fourth-order valence-corrected chi connectivity index (χ4v) is 3.96. The molecule has 1 saturated carbocycles. The third-order valence-corrected chi connectivity index (χ3v) is 4.97. The maximum Gasteiger partial charge on any atom is 0.0126 e. The molecular formula is C16H32N2. The van der Waals surface area contributed by atoms with Crippen LogP contribution in [-0.4, -0.2) is 36.1 Å². The van der Waals surface area contributed by atoms with Crippen LogP contribution < -0.4 is 5.32 Å². The van der Waals surface area contributed by atoms with Crippen LogP contribution in [0.2, 0.25) is 0 Å². The average Bonchev–Trinajstić information content (AvgIpc) is 2.37. The first-order valence-corrected chi connectivity index (χ1v) is 8.17. The molecule has 0 aromatic carbocycles. The van der Waals surface area contributed by atoms with Gasteiger partial charge in [-0.2, -0.15) is 0 Å². The summed E-state index contributed by atoms with van der Waals surface area (Å²) in [5.41, 5.74) is 0. The average molecular weight is 252 g/mol. The molecule has 1 saturated heterocycles. The lowest BCUT2D eigenvalue weighted by Gasteiger charge is -2.47. The number of fused-ring (bicyclic) bond motifs is 1. The summed E-state index contributed by atoms with van der Waals surface area (Å²) < 4.78 is 0. The van der Waals surface area contributed by atoms with E-state index in [4.69, 9.17) is 0 Å². The predicted octanol–water partition coefficient (Wildman–Crippen LogP) is 3.42. The van der Waals surface area contributed by atoms with Crippen LogP contribution in [0.15, 0.2) is 0 Å². The summed E-state index contributed by atoms with van der Waals surface area (Å²) in [5.74, 6) is 1.02. The maximum absolute atomic E-state index is 3.56. The summed E-state index contributed by atoms with van der Waals surface area (Å²) in [5, 5.41) is 3.56. The molecular weight excluding hydrogens is 220 g/mol. The van der Waals surface area contributed by atoms with Gasteiger partial charge in [-0.05, 0) is 58.0 Å². The van der Waals surface area contributed by atoms with Gasteiger partial charge in [0.15, 0.2) is 0 Å². The summed E-state index contributed by atoms with van der Waals surface area (Å²) >= 11 is 0. The number of piperidine rings is 1. The molecule has 3 atom stereocenters. The second kappa shape index (κ2) is 6.91. The van der Waals surface area contributed by atoms with Crippen molar-refractivity contribution < 1.29 is 0 Å².